The topological polar surface area (TPSA) is 71.0 Å². The first kappa shape index (κ1) is 20.1. The fourth-order valence-electron chi connectivity index (χ4n) is 3.03. The van der Waals surface area contributed by atoms with E-state index in [0.717, 1.165) is 10.3 Å². The van der Waals surface area contributed by atoms with Gasteiger partial charge in [-0.1, -0.05) is 19.9 Å². The van der Waals surface area contributed by atoms with Crippen LogP contribution < -0.4 is 5.32 Å². The minimum Gasteiger partial charge on any atom is -0.348 e. The second-order valence-electron chi connectivity index (χ2n) is 6.32. The number of nitrogens with zero attached hydrogens (tertiary/aromatic N) is 4. The van der Waals surface area contributed by atoms with Gasteiger partial charge in [0.2, 0.25) is 5.95 Å². The molecule has 4 heterocycles. The van der Waals surface area contributed by atoms with Crippen LogP contribution in [0.25, 0.3) is 10.2 Å². The zero-order valence-corrected chi connectivity index (χ0v) is 17.0. The number of hydrogen-bond donors (Lipinski definition) is 1. The van der Waals surface area contributed by atoms with Crippen LogP contribution in [0.2, 0.25) is 0 Å². The number of aromatic nitrogens is 3. The number of nitrogens with one attached hydrogen (secondary N) is 1. The summed E-state index contributed by atoms with van der Waals surface area (Å²) < 4.78 is 14.2. The van der Waals surface area contributed by atoms with Gasteiger partial charge in [0.05, 0.1) is 22.8 Å². The van der Waals surface area contributed by atoms with Gasteiger partial charge in [-0.25, -0.2) is 14.4 Å². The first-order valence-electron chi connectivity index (χ1n) is 9.47. The van der Waals surface area contributed by atoms with Crippen molar-refractivity contribution < 1.29 is 9.18 Å². The Kier molecular flexibility index (Phi) is 6.51. The number of carbonyl (C=O) groups is 1. The summed E-state index contributed by atoms with van der Waals surface area (Å²) in [7, 11) is 0. The van der Waals surface area contributed by atoms with Gasteiger partial charge in [-0.15, -0.1) is 11.3 Å². The Morgan fingerprint density at radius 3 is 2.86 bits per heavy atom. The second-order valence-corrected chi connectivity index (χ2v) is 7.24. The van der Waals surface area contributed by atoms with Gasteiger partial charge in [0.15, 0.2) is 5.69 Å². The molecule has 1 fully saturated rings. The Balaban J connectivity index is 0.00000109. The van der Waals surface area contributed by atoms with Crippen molar-refractivity contribution in [3.8, 4) is 0 Å². The fourth-order valence-corrected chi connectivity index (χ4v) is 3.85. The maximum atomic E-state index is 13.5. The predicted molar refractivity (Wildman–Crippen MR) is 110 cm³/mol. The largest absolute Gasteiger partial charge is 0.348 e. The molecule has 0 saturated carbocycles. The Morgan fingerprint density at radius 2 is 2.18 bits per heavy atom. The summed E-state index contributed by atoms with van der Waals surface area (Å²) in [4.78, 5) is 27.5. The molecule has 2 atom stereocenters. The van der Waals surface area contributed by atoms with Crippen molar-refractivity contribution in [3.05, 3.63) is 47.2 Å². The zero-order valence-electron chi connectivity index (χ0n) is 16.2. The molecule has 3 aromatic rings. The number of amides is 1. The van der Waals surface area contributed by atoms with Crippen molar-refractivity contribution in [2.45, 2.75) is 39.4 Å². The summed E-state index contributed by atoms with van der Waals surface area (Å²) in [5.41, 5.74) is 2.04. The van der Waals surface area contributed by atoms with Crippen molar-refractivity contribution >= 4 is 33.4 Å². The number of thiophene rings is 1. The highest BCUT2D eigenvalue weighted by Gasteiger charge is 2.29. The molecule has 0 aliphatic carbocycles. The zero-order chi connectivity index (χ0) is 20.1. The van der Waals surface area contributed by atoms with Crippen LogP contribution in [0.1, 0.15) is 49.3 Å². The third-order valence-electron chi connectivity index (χ3n) is 4.45. The number of halogens is 1. The molecule has 8 heteroatoms. The molecule has 0 radical (unpaired) electrons. The van der Waals surface area contributed by atoms with Crippen LogP contribution in [0.15, 0.2) is 36.0 Å². The van der Waals surface area contributed by atoms with Gasteiger partial charge in [0, 0.05) is 18.9 Å². The molecular weight excluding hydrogens is 377 g/mol. The predicted octanol–water partition coefficient (Wildman–Crippen LogP) is 4.47. The van der Waals surface area contributed by atoms with Crippen LogP contribution in [0, 0.1) is 0 Å². The number of rotatable bonds is 4. The minimum atomic E-state index is -0.956. The first-order valence-corrected chi connectivity index (χ1v) is 10.3. The monoisotopic (exact) mass is 401 g/mol. The Labute approximate surface area is 167 Å². The van der Waals surface area contributed by atoms with Gasteiger partial charge in [0.1, 0.15) is 6.17 Å². The van der Waals surface area contributed by atoms with Gasteiger partial charge in [-0.3, -0.25) is 9.78 Å². The summed E-state index contributed by atoms with van der Waals surface area (Å²) in [5.74, 6) is 0.142. The highest BCUT2D eigenvalue weighted by atomic mass is 32.1. The third-order valence-corrected chi connectivity index (χ3v) is 5.36. The second kappa shape index (κ2) is 9.05. The standard InChI is InChI=1S/C18H18FN5OS.C2H6/c1-11(12-3-2-6-20-9-12)21-18-22-14-5-8-26-16(14)15(23-18)17(25)24-7-4-13(19)10-24;1-2/h2-3,5-6,8-9,11,13H,4,7,10H2,1H3,(H,21,22,23);1-2H3/t11?,13-;/m1./s1. The normalized spacial score (nSPS) is 17.1. The van der Waals surface area contributed by atoms with Crippen molar-refractivity contribution in [2.75, 3.05) is 18.4 Å². The third kappa shape index (κ3) is 4.27. The molecule has 4 rings (SSSR count). The molecule has 1 N–H and O–H groups in total. The summed E-state index contributed by atoms with van der Waals surface area (Å²) in [5, 5.41) is 5.11. The number of hydrogen-bond acceptors (Lipinski definition) is 6. The molecule has 0 aromatic carbocycles. The summed E-state index contributed by atoms with van der Waals surface area (Å²) in [6.45, 7) is 6.53. The Bertz CT molecular complexity index is 933. The maximum Gasteiger partial charge on any atom is 0.274 e. The van der Waals surface area contributed by atoms with Crippen molar-refractivity contribution in [1.29, 1.82) is 0 Å². The number of likely N-dealkylation sites (tertiary alicyclic amines) is 1. The Morgan fingerprint density at radius 1 is 1.36 bits per heavy atom. The number of pyridine rings is 1. The molecule has 1 aliphatic heterocycles. The van der Waals surface area contributed by atoms with Crippen LogP contribution in [0.3, 0.4) is 0 Å². The summed E-state index contributed by atoms with van der Waals surface area (Å²) in [6.07, 6.45) is 2.92. The molecule has 6 nitrogen and oxygen atoms in total. The van der Waals surface area contributed by atoms with Gasteiger partial charge < -0.3 is 10.2 Å². The summed E-state index contributed by atoms with van der Waals surface area (Å²) >= 11 is 1.42. The van der Waals surface area contributed by atoms with E-state index in [0.29, 0.717) is 30.1 Å². The quantitative estimate of drug-likeness (QED) is 0.698. The molecule has 1 unspecified atom stereocenters. The van der Waals surface area contributed by atoms with E-state index < -0.39 is 6.17 Å². The highest BCUT2D eigenvalue weighted by molar-refractivity contribution is 7.17. The van der Waals surface area contributed by atoms with E-state index in [1.165, 1.54) is 16.2 Å². The molecule has 1 aliphatic rings. The number of anilines is 1. The van der Waals surface area contributed by atoms with Gasteiger partial charge >= 0.3 is 0 Å². The number of alkyl halides is 1. The molecule has 28 heavy (non-hydrogen) atoms. The molecular formula is C20H24FN5OS. The highest BCUT2D eigenvalue weighted by Crippen LogP contribution is 2.27. The van der Waals surface area contributed by atoms with Crippen LogP contribution in [0.4, 0.5) is 10.3 Å². The van der Waals surface area contributed by atoms with Crippen molar-refractivity contribution in [1.82, 2.24) is 19.9 Å². The molecule has 3 aromatic heterocycles. The van der Waals surface area contributed by atoms with Gasteiger partial charge in [0.25, 0.3) is 5.91 Å². The van der Waals surface area contributed by atoms with Crippen LogP contribution >= 0.6 is 11.3 Å². The lowest BCUT2D eigenvalue weighted by atomic mass is 10.1. The SMILES string of the molecule is CC.CC(Nc1nc(C(=O)N2CC[C@@H](F)C2)c2sccc2n1)c1cccnc1. The lowest BCUT2D eigenvalue weighted by molar-refractivity contribution is 0.0779. The average molecular weight is 402 g/mol. The van der Waals surface area contributed by atoms with E-state index in [2.05, 4.69) is 20.3 Å². The molecule has 0 spiro atoms. The molecule has 0 bridgehead atoms. The van der Waals surface area contributed by atoms with Crippen molar-refractivity contribution in [3.63, 3.8) is 0 Å². The van der Waals surface area contributed by atoms with E-state index in [1.54, 1.807) is 12.4 Å². The minimum absolute atomic E-state index is 0.0650. The van der Waals surface area contributed by atoms with E-state index in [-0.39, 0.29) is 18.5 Å². The summed E-state index contributed by atoms with van der Waals surface area (Å²) in [6, 6.07) is 5.63. The molecule has 148 valence electrons. The van der Waals surface area contributed by atoms with Crippen LogP contribution in [-0.2, 0) is 0 Å². The molecule has 1 amide bonds. The van der Waals surface area contributed by atoms with E-state index in [4.69, 9.17) is 0 Å². The Hall–Kier alpha value is -2.61. The van der Waals surface area contributed by atoms with Crippen molar-refractivity contribution in [2.24, 2.45) is 0 Å². The molecule has 1 saturated heterocycles. The van der Waals surface area contributed by atoms with Gasteiger partial charge in [-0.2, -0.15) is 0 Å². The van der Waals surface area contributed by atoms with E-state index >= 15 is 0 Å². The number of carbonyl (C=O) groups excluding carboxylic acids is 1. The van der Waals surface area contributed by atoms with Crippen LogP contribution in [-0.4, -0.2) is 45.0 Å². The van der Waals surface area contributed by atoms with Gasteiger partial charge in [-0.05, 0) is 36.4 Å². The van der Waals surface area contributed by atoms with Crippen LogP contribution in [0.5, 0.6) is 0 Å². The fraction of sp³-hybridized carbons (Fsp3) is 0.400. The van der Waals surface area contributed by atoms with E-state index in [9.17, 15) is 9.18 Å². The van der Waals surface area contributed by atoms with E-state index in [1.807, 2.05) is 44.4 Å². The lowest BCUT2D eigenvalue weighted by Crippen LogP contribution is -2.30. The first-order chi connectivity index (χ1) is 13.6. The maximum absolute atomic E-state index is 13.5. The smallest absolute Gasteiger partial charge is 0.274 e. The average Bonchev–Trinajstić information content (AvgIpc) is 3.38. The number of fused-ring (bicyclic) bond motifs is 1. The lowest BCUT2D eigenvalue weighted by Gasteiger charge is -2.17.